The summed E-state index contributed by atoms with van der Waals surface area (Å²) in [6.45, 7) is 4.11. The van der Waals surface area contributed by atoms with Crippen LogP contribution in [0.5, 0.6) is 0 Å². The van der Waals surface area contributed by atoms with Crippen LogP contribution in [0.1, 0.15) is 38.8 Å². The fourth-order valence-corrected chi connectivity index (χ4v) is 4.85. The summed E-state index contributed by atoms with van der Waals surface area (Å²) in [5.74, 6) is -0.173. The zero-order valence-electron chi connectivity index (χ0n) is 19.1. The number of aryl methyl sites for hydroxylation is 2. The molecule has 5 heteroatoms. The van der Waals surface area contributed by atoms with Gasteiger partial charge in [0.25, 0.3) is 5.91 Å². The van der Waals surface area contributed by atoms with E-state index in [2.05, 4.69) is 18.3 Å². The van der Waals surface area contributed by atoms with Crippen LogP contribution in [-0.4, -0.2) is 15.7 Å². The lowest BCUT2D eigenvalue weighted by molar-refractivity contribution is 0.0935. The number of hydrogen-bond donors (Lipinski definition) is 1. The highest BCUT2D eigenvalue weighted by molar-refractivity contribution is 7.13. The van der Waals surface area contributed by atoms with Gasteiger partial charge in [0.2, 0.25) is 0 Å². The average molecular weight is 464 g/mol. The molecule has 2 heterocycles. The second-order valence-corrected chi connectivity index (χ2v) is 9.27. The first-order valence-corrected chi connectivity index (χ1v) is 12.1. The number of nitrogens with zero attached hydrogens (tertiary/aromatic N) is 2. The fourth-order valence-electron chi connectivity index (χ4n) is 4.17. The molecule has 5 aromatic rings. The van der Waals surface area contributed by atoms with Crippen LogP contribution in [0.4, 0.5) is 0 Å². The van der Waals surface area contributed by atoms with Crippen LogP contribution >= 0.6 is 11.3 Å². The molecule has 0 spiro atoms. The van der Waals surface area contributed by atoms with Gasteiger partial charge in [-0.1, -0.05) is 84.4 Å². The molecule has 0 unspecified atom stereocenters. The summed E-state index contributed by atoms with van der Waals surface area (Å²) >= 11 is 1.61. The maximum atomic E-state index is 13.8. The molecular formula is C29H25N3OS. The SMILES string of the molecule is Cc1ccc(-n2nc(-c3cccs3)cc2C(=O)NC(c2ccccc2)c2ccccc2)c(C)c1. The Hall–Kier alpha value is -3.96. The lowest BCUT2D eigenvalue weighted by atomic mass is 9.98. The number of amides is 1. The minimum atomic E-state index is -0.275. The normalized spacial score (nSPS) is 11.0. The maximum absolute atomic E-state index is 13.8. The molecule has 168 valence electrons. The minimum absolute atomic E-state index is 0.173. The van der Waals surface area contributed by atoms with E-state index in [0.717, 1.165) is 32.9 Å². The zero-order chi connectivity index (χ0) is 23.5. The van der Waals surface area contributed by atoms with Crippen LogP contribution in [-0.2, 0) is 0 Å². The number of thiophene rings is 1. The van der Waals surface area contributed by atoms with Gasteiger partial charge in [0.1, 0.15) is 11.4 Å². The van der Waals surface area contributed by atoms with Gasteiger partial charge in [0, 0.05) is 0 Å². The summed E-state index contributed by atoms with van der Waals surface area (Å²) in [6, 6.07) is 31.9. The second kappa shape index (κ2) is 9.49. The number of carbonyl (C=O) groups is 1. The molecule has 3 aromatic carbocycles. The predicted octanol–water partition coefficient (Wildman–Crippen LogP) is 6.74. The van der Waals surface area contributed by atoms with Crippen LogP contribution < -0.4 is 5.32 Å². The standard InChI is InChI=1S/C29H25N3OS/c1-20-15-16-25(21(2)18-20)32-26(19-24(31-32)27-14-9-17-34-27)29(33)30-28(22-10-5-3-6-11-22)23-12-7-4-8-13-23/h3-19,28H,1-2H3,(H,30,33). The summed E-state index contributed by atoms with van der Waals surface area (Å²) in [5.41, 5.74) is 6.48. The van der Waals surface area contributed by atoms with E-state index in [0.29, 0.717) is 5.69 Å². The van der Waals surface area contributed by atoms with Crippen molar-refractivity contribution in [1.82, 2.24) is 15.1 Å². The van der Waals surface area contributed by atoms with Gasteiger partial charge >= 0.3 is 0 Å². The lowest BCUT2D eigenvalue weighted by Gasteiger charge is -2.20. The summed E-state index contributed by atoms with van der Waals surface area (Å²) in [5, 5.41) is 10.1. The number of hydrogen-bond acceptors (Lipinski definition) is 3. The van der Waals surface area contributed by atoms with Gasteiger partial charge in [-0.15, -0.1) is 11.3 Å². The highest BCUT2D eigenvalue weighted by Crippen LogP contribution is 2.28. The third-order valence-electron chi connectivity index (χ3n) is 5.84. The zero-order valence-corrected chi connectivity index (χ0v) is 19.9. The number of aromatic nitrogens is 2. The number of carbonyl (C=O) groups excluding carboxylic acids is 1. The summed E-state index contributed by atoms with van der Waals surface area (Å²) in [7, 11) is 0. The Labute approximate surface area is 203 Å². The van der Waals surface area contributed by atoms with Crippen molar-refractivity contribution in [3.05, 3.63) is 130 Å². The van der Waals surface area contributed by atoms with Crippen molar-refractivity contribution >= 4 is 17.2 Å². The quantitative estimate of drug-likeness (QED) is 0.303. The molecule has 2 aromatic heterocycles. The van der Waals surface area contributed by atoms with Crippen LogP contribution in [0.2, 0.25) is 0 Å². The van der Waals surface area contributed by atoms with E-state index < -0.39 is 0 Å². The summed E-state index contributed by atoms with van der Waals surface area (Å²) in [4.78, 5) is 14.8. The molecular weight excluding hydrogens is 438 g/mol. The fraction of sp³-hybridized carbons (Fsp3) is 0.103. The Kier molecular flexibility index (Phi) is 6.11. The van der Waals surface area contributed by atoms with E-state index in [-0.39, 0.29) is 11.9 Å². The predicted molar refractivity (Wildman–Crippen MR) is 139 cm³/mol. The smallest absolute Gasteiger partial charge is 0.270 e. The molecule has 1 amide bonds. The van der Waals surface area contributed by atoms with Crippen molar-refractivity contribution in [2.75, 3.05) is 0 Å². The Morgan fingerprint density at radius 1 is 0.853 bits per heavy atom. The monoisotopic (exact) mass is 463 g/mol. The lowest BCUT2D eigenvalue weighted by Crippen LogP contribution is -2.31. The Morgan fingerprint density at radius 3 is 2.12 bits per heavy atom. The first-order chi connectivity index (χ1) is 16.6. The molecule has 0 radical (unpaired) electrons. The Morgan fingerprint density at radius 2 is 1.53 bits per heavy atom. The summed E-state index contributed by atoms with van der Waals surface area (Å²) in [6.07, 6.45) is 0. The average Bonchev–Trinajstić information content (AvgIpc) is 3.54. The Bertz CT molecular complexity index is 1370. The van der Waals surface area contributed by atoms with Gasteiger partial charge < -0.3 is 5.32 Å². The van der Waals surface area contributed by atoms with Crippen LogP contribution in [0, 0.1) is 13.8 Å². The molecule has 1 N–H and O–H groups in total. The van der Waals surface area contributed by atoms with Crippen LogP contribution in [0.3, 0.4) is 0 Å². The van der Waals surface area contributed by atoms with E-state index in [1.165, 1.54) is 5.56 Å². The van der Waals surface area contributed by atoms with E-state index in [1.807, 2.05) is 103 Å². The van der Waals surface area contributed by atoms with Crippen molar-refractivity contribution in [1.29, 1.82) is 0 Å². The van der Waals surface area contributed by atoms with E-state index in [4.69, 9.17) is 5.10 Å². The van der Waals surface area contributed by atoms with Crippen molar-refractivity contribution < 1.29 is 4.79 Å². The molecule has 0 aliphatic rings. The molecule has 0 saturated heterocycles. The van der Waals surface area contributed by atoms with Gasteiger partial charge in [-0.2, -0.15) is 5.10 Å². The van der Waals surface area contributed by atoms with Crippen molar-refractivity contribution in [2.45, 2.75) is 19.9 Å². The highest BCUT2D eigenvalue weighted by Gasteiger charge is 2.23. The molecule has 4 nitrogen and oxygen atoms in total. The van der Waals surface area contributed by atoms with E-state index in [9.17, 15) is 4.79 Å². The summed E-state index contributed by atoms with van der Waals surface area (Å²) < 4.78 is 1.77. The van der Waals surface area contributed by atoms with Gasteiger partial charge in [0.15, 0.2) is 0 Å². The first-order valence-electron chi connectivity index (χ1n) is 11.2. The largest absolute Gasteiger partial charge is 0.340 e. The molecule has 34 heavy (non-hydrogen) atoms. The molecule has 0 saturated carbocycles. The third kappa shape index (κ3) is 4.43. The van der Waals surface area contributed by atoms with E-state index >= 15 is 0 Å². The van der Waals surface area contributed by atoms with Crippen LogP contribution in [0.15, 0.2) is 102 Å². The van der Waals surface area contributed by atoms with Gasteiger partial charge in [-0.3, -0.25) is 4.79 Å². The van der Waals surface area contributed by atoms with Gasteiger partial charge in [-0.25, -0.2) is 4.68 Å². The molecule has 0 atom stereocenters. The molecule has 0 aliphatic carbocycles. The number of rotatable bonds is 6. The highest BCUT2D eigenvalue weighted by atomic mass is 32.1. The van der Waals surface area contributed by atoms with Crippen molar-refractivity contribution in [2.24, 2.45) is 0 Å². The topological polar surface area (TPSA) is 46.9 Å². The molecule has 0 bridgehead atoms. The van der Waals surface area contributed by atoms with E-state index in [1.54, 1.807) is 16.0 Å². The van der Waals surface area contributed by atoms with Gasteiger partial charge in [0.05, 0.1) is 16.6 Å². The third-order valence-corrected chi connectivity index (χ3v) is 6.73. The number of nitrogens with one attached hydrogen (secondary N) is 1. The van der Waals surface area contributed by atoms with Crippen molar-refractivity contribution in [3.8, 4) is 16.3 Å². The first kappa shape index (κ1) is 21.9. The molecule has 5 rings (SSSR count). The van der Waals surface area contributed by atoms with Crippen LogP contribution in [0.25, 0.3) is 16.3 Å². The maximum Gasteiger partial charge on any atom is 0.270 e. The van der Waals surface area contributed by atoms with Crippen molar-refractivity contribution in [3.63, 3.8) is 0 Å². The van der Waals surface area contributed by atoms with Gasteiger partial charge in [-0.05, 0) is 54.1 Å². The number of benzene rings is 3. The molecule has 0 aliphatic heterocycles. The minimum Gasteiger partial charge on any atom is -0.340 e. The Balaban J connectivity index is 1.58. The second-order valence-electron chi connectivity index (χ2n) is 8.32. The molecule has 0 fully saturated rings.